The average Bonchev–Trinajstić information content (AvgIpc) is 3.51. The Hall–Kier alpha value is -0.320. The van der Waals surface area contributed by atoms with Crippen LogP contribution in [0.3, 0.4) is 0 Å². The number of unbranched alkanes of at least 4 members (excludes halogenated alkanes) is 16. The molecule has 0 saturated carbocycles. The van der Waals surface area contributed by atoms with Crippen LogP contribution in [0, 0.1) is 0 Å². The molecule has 0 aliphatic heterocycles. The minimum atomic E-state index is 1.00. The molecule has 0 aliphatic carbocycles. The van der Waals surface area contributed by atoms with Gasteiger partial charge in [-0.25, -0.2) is 0 Å². The predicted octanol–water partition coefficient (Wildman–Crippen LogP) is 26.3. The molecule has 0 saturated heterocycles. The van der Waals surface area contributed by atoms with Crippen molar-refractivity contribution in [3.8, 4) is 0 Å². The van der Waals surface area contributed by atoms with Gasteiger partial charge >= 0.3 is 0 Å². The lowest BCUT2D eigenvalue weighted by Crippen LogP contribution is -1.59. The largest absolute Gasteiger partial charge is 0.400 e. The second-order valence-corrected chi connectivity index (χ2v) is 12.5. The lowest BCUT2D eigenvalue weighted by atomic mass is 10.3. The average molecular weight is 1160 g/mol. The molecule has 0 heterocycles. The Morgan fingerprint density at radius 1 is 0.141 bits per heavy atom. The topological polar surface area (TPSA) is 118 Å². The fourth-order valence-electron chi connectivity index (χ4n) is 2.83. The summed E-state index contributed by atoms with van der Waals surface area (Å²) in [6, 6.07) is 0. The van der Waals surface area contributed by atoms with Crippen LogP contribution in [0.5, 0.6) is 0 Å². The second-order valence-electron chi connectivity index (χ2n) is 12.5. The van der Waals surface area contributed by atoms with Crippen molar-refractivity contribution in [2.75, 3.05) is 85.3 Å². The predicted molar refractivity (Wildman–Crippen MR) is 388 cm³/mol. The highest BCUT2D eigenvalue weighted by atomic mass is 16.5. The van der Waals surface area contributed by atoms with Gasteiger partial charge in [0.2, 0.25) is 0 Å². The van der Waals surface area contributed by atoms with Gasteiger partial charge in [0.05, 0.1) is 0 Å². The lowest BCUT2D eigenvalue weighted by Gasteiger charge is -1.79. The van der Waals surface area contributed by atoms with E-state index in [0.29, 0.717) is 0 Å². The molecule has 0 atom stereocenters. The number of aliphatic hydroxyl groups excluding tert-OH is 4. The molecule has 0 aliphatic rings. The van der Waals surface area contributed by atoms with E-state index in [4.69, 9.17) is 20.4 Å². The third-order valence-electron chi connectivity index (χ3n) is 5.66. The highest BCUT2D eigenvalue weighted by Crippen LogP contribution is 1.91. The Morgan fingerprint density at radius 3 is 0.167 bits per heavy atom. The van der Waals surface area contributed by atoms with Gasteiger partial charge in [-0.3, -0.25) is 0 Å². The van der Waals surface area contributed by atoms with E-state index in [1.54, 1.807) is 56.9 Å². The first-order chi connectivity index (χ1) is 38.0. The van der Waals surface area contributed by atoms with Crippen LogP contribution in [-0.2, 0) is 18.9 Å². The van der Waals surface area contributed by atoms with Gasteiger partial charge in [0.1, 0.15) is 0 Å². The summed E-state index contributed by atoms with van der Waals surface area (Å²) in [4.78, 5) is 0. The molecule has 0 amide bonds. The fraction of sp³-hybridized carbons (Fsp3) is 1.00. The van der Waals surface area contributed by atoms with Gasteiger partial charge in [0.15, 0.2) is 0 Å². The molecule has 0 fully saturated rings. The first-order valence-corrected chi connectivity index (χ1v) is 33.4. The van der Waals surface area contributed by atoms with E-state index in [2.05, 4.69) is 130 Å². The van der Waals surface area contributed by atoms with Gasteiger partial charge in [-0.05, 0) is 0 Å². The van der Waals surface area contributed by atoms with Gasteiger partial charge in [0.25, 0.3) is 0 Å². The molecule has 0 unspecified atom stereocenters. The summed E-state index contributed by atoms with van der Waals surface area (Å²) in [7, 11) is 17.0. The van der Waals surface area contributed by atoms with Crippen LogP contribution in [0.15, 0.2) is 0 Å². The molecule has 78 heavy (non-hydrogen) atoms. The van der Waals surface area contributed by atoms with Crippen molar-refractivity contribution < 1.29 is 39.4 Å². The van der Waals surface area contributed by atoms with Gasteiger partial charge in [0, 0.05) is 85.3 Å². The zero-order valence-corrected chi connectivity index (χ0v) is 66.4. The Labute approximate surface area is 512 Å². The molecule has 0 bridgehead atoms. The minimum absolute atomic E-state index is 1.00. The maximum Gasteiger partial charge on any atom is 0.0351 e. The molecule has 0 rings (SSSR count). The van der Waals surface area contributed by atoms with Crippen LogP contribution < -0.4 is 0 Å². The summed E-state index contributed by atoms with van der Waals surface area (Å²) in [6.07, 6.45) is 32.6. The van der Waals surface area contributed by atoms with E-state index in [1.165, 1.54) is 154 Å². The number of rotatable bonds is 16. The van der Waals surface area contributed by atoms with Crippen molar-refractivity contribution in [3.63, 3.8) is 0 Å². The SMILES string of the molecule is CC.CC.CC.CC.CC.CC.CC.CC.CC.CCCCC.CCCCC.CCCCC.CCCCC.CCCCC.CCCCC.CCCCC.CCCCC.CO.CO.CO.CO.COC.COC.COC.COC. The van der Waals surface area contributed by atoms with Crippen LogP contribution in [0.25, 0.3) is 0 Å². The molecular weight excluding hydrogens is 969 g/mol. The van der Waals surface area contributed by atoms with E-state index < -0.39 is 0 Å². The smallest absolute Gasteiger partial charge is 0.0351 e. The minimum Gasteiger partial charge on any atom is -0.400 e. The molecule has 8 nitrogen and oxygen atoms in total. The van der Waals surface area contributed by atoms with E-state index >= 15 is 0 Å². The molecule has 0 aromatic carbocycles. The van der Waals surface area contributed by atoms with Gasteiger partial charge in [-0.15, -0.1) is 0 Å². The van der Waals surface area contributed by atoms with Crippen molar-refractivity contribution in [2.24, 2.45) is 0 Å². The Kier molecular flexibility index (Phi) is 1210. The number of hydrogen-bond acceptors (Lipinski definition) is 8. The number of methoxy groups -OCH3 is 4. The zero-order chi connectivity index (χ0) is 69.8. The number of ether oxygens (including phenoxy) is 4. The monoisotopic (exact) mass is 1160 g/mol. The van der Waals surface area contributed by atoms with Gasteiger partial charge in [-0.2, -0.15) is 0 Å². The summed E-state index contributed by atoms with van der Waals surface area (Å²) >= 11 is 0. The van der Waals surface area contributed by atoms with Gasteiger partial charge < -0.3 is 39.4 Å². The third-order valence-corrected chi connectivity index (χ3v) is 5.66. The Morgan fingerprint density at radius 2 is 0.167 bits per heavy atom. The maximum absolute atomic E-state index is 7.00. The fourth-order valence-corrected chi connectivity index (χ4v) is 2.83. The third kappa shape index (κ3) is 1720. The van der Waals surface area contributed by atoms with Gasteiger partial charge in [-0.1, -0.05) is 390 Å². The molecule has 0 aromatic heterocycles. The van der Waals surface area contributed by atoms with Crippen LogP contribution in [0.2, 0.25) is 0 Å². The molecule has 4 N–H and O–H groups in total. The summed E-state index contributed by atoms with van der Waals surface area (Å²) in [5.41, 5.74) is 0. The maximum atomic E-state index is 7.00. The molecule has 0 spiro atoms. The highest BCUT2D eigenvalue weighted by molar-refractivity contribution is 4.27. The molecular formula is C70H190O8. The summed E-state index contributed by atoms with van der Waals surface area (Å²) in [6.45, 7) is 71.4. The van der Waals surface area contributed by atoms with E-state index in [1.807, 2.05) is 125 Å². The lowest BCUT2D eigenvalue weighted by molar-refractivity contribution is 0.277. The molecule has 8 heteroatoms. The first kappa shape index (κ1) is 165. The van der Waals surface area contributed by atoms with Crippen LogP contribution in [0.1, 0.15) is 390 Å². The molecule has 518 valence electrons. The molecule has 0 radical (unpaired) electrons. The number of aliphatic hydroxyl groups is 4. The van der Waals surface area contributed by atoms with E-state index in [0.717, 1.165) is 28.4 Å². The Bertz CT molecular complexity index is 210. The summed E-state index contributed by atoms with van der Waals surface area (Å²) in [5.74, 6) is 0. The van der Waals surface area contributed by atoms with Crippen LogP contribution >= 0.6 is 0 Å². The standard InChI is InChI=1S/8C5H12.4C2H6O.9C2H6.4CH4O/c8*1-3-5-4-2;4*1-3-2;13*1-2/h8*3-5H2,1-2H3;4*1-2H3;9*1-2H3;4*2H,1H3. The van der Waals surface area contributed by atoms with Crippen molar-refractivity contribution >= 4 is 0 Å². The zero-order valence-electron chi connectivity index (χ0n) is 66.4. The highest BCUT2D eigenvalue weighted by Gasteiger charge is 1.71. The van der Waals surface area contributed by atoms with E-state index in [-0.39, 0.29) is 0 Å². The summed E-state index contributed by atoms with van der Waals surface area (Å²) in [5, 5.41) is 28.0. The Balaban J connectivity index is -0.0000000165. The van der Waals surface area contributed by atoms with Crippen LogP contribution in [0.4, 0.5) is 0 Å². The number of hydrogen-bond donors (Lipinski definition) is 4. The summed E-state index contributed by atoms with van der Waals surface area (Å²) < 4.78 is 17.0. The van der Waals surface area contributed by atoms with E-state index in [9.17, 15) is 0 Å². The van der Waals surface area contributed by atoms with Crippen molar-refractivity contribution in [1.82, 2.24) is 0 Å². The van der Waals surface area contributed by atoms with Crippen molar-refractivity contribution in [1.29, 1.82) is 0 Å². The second kappa shape index (κ2) is 573. The normalized spacial score (nSPS) is 6.23. The van der Waals surface area contributed by atoms with Crippen LogP contribution in [-0.4, -0.2) is 106 Å². The quantitative estimate of drug-likeness (QED) is 0.121. The molecule has 0 aromatic rings. The van der Waals surface area contributed by atoms with Crippen molar-refractivity contribution in [3.05, 3.63) is 0 Å². The first-order valence-electron chi connectivity index (χ1n) is 33.4. The van der Waals surface area contributed by atoms with Crippen molar-refractivity contribution in [2.45, 2.75) is 390 Å².